The van der Waals surface area contributed by atoms with Gasteiger partial charge in [0.2, 0.25) is 5.91 Å². The van der Waals surface area contributed by atoms with Gasteiger partial charge >= 0.3 is 0 Å². The van der Waals surface area contributed by atoms with Crippen LogP contribution >= 0.6 is 0 Å². The number of carbonyl (C=O) groups excluding carboxylic acids is 1. The quantitative estimate of drug-likeness (QED) is 0.571. The molecule has 0 bridgehead atoms. The van der Waals surface area contributed by atoms with Crippen molar-refractivity contribution in [2.45, 2.75) is 19.4 Å². The molecule has 0 saturated carbocycles. The van der Waals surface area contributed by atoms with Gasteiger partial charge in [0.05, 0.1) is 0 Å². The fraction of sp³-hybridized carbons (Fsp3) is 0.500. The standard InChI is InChI=1S/C14H22N2O3/c1-2-14(18)16-9-8-15-10-12(17)11-19-13-6-4-3-5-7-13/h3-7,12,15,17H,2,8-11H2,1H3,(H,16,18)/t12-/m1/s1. The van der Waals surface area contributed by atoms with Crippen molar-refractivity contribution < 1.29 is 14.6 Å². The Labute approximate surface area is 114 Å². The van der Waals surface area contributed by atoms with Gasteiger partial charge in [0.15, 0.2) is 0 Å². The molecule has 1 rings (SSSR count). The van der Waals surface area contributed by atoms with Crippen molar-refractivity contribution in [1.29, 1.82) is 0 Å². The van der Waals surface area contributed by atoms with Crippen LogP contribution in [0.25, 0.3) is 0 Å². The summed E-state index contributed by atoms with van der Waals surface area (Å²) >= 11 is 0. The topological polar surface area (TPSA) is 70.6 Å². The molecule has 19 heavy (non-hydrogen) atoms. The van der Waals surface area contributed by atoms with Crippen molar-refractivity contribution >= 4 is 5.91 Å². The van der Waals surface area contributed by atoms with Gasteiger partial charge in [-0.05, 0) is 12.1 Å². The molecule has 0 aromatic heterocycles. The number of amides is 1. The zero-order chi connectivity index (χ0) is 13.9. The molecule has 1 amide bonds. The van der Waals surface area contributed by atoms with Gasteiger partial charge in [0.25, 0.3) is 0 Å². The Bertz CT molecular complexity index is 357. The molecule has 5 heteroatoms. The van der Waals surface area contributed by atoms with Crippen molar-refractivity contribution in [3.05, 3.63) is 30.3 Å². The molecule has 1 aromatic carbocycles. The molecule has 0 aliphatic heterocycles. The fourth-order valence-electron chi connectivity index (χ4n) is 1.45. The molecule has 106 valence electrons. The Morgan fingerprint density at radius 2 is 2.05 bits per heavy atom. The molecular formula is C14H22N2O3. The third kappa shape index (κ3) is 7.43. The van der Waals surface area contributed by atoms with Crippen LogP contribution in [0.1, 0.15) is 13.3 Å². The number of hydrogen-bond donors (Lipinski definition) is 3. The number of nitrogens with one attached hydrogen (secondary N) is 2. The SMILES string of the molecule is CCC(=O)NCCNC[C@@H](O)COc1ccccc1. The number of hydrogen-bond acceptors (Lipinski definition) is 4. The summed E-state index contributed by atoms with van der Waals surface area (Å²) in [6.45, 7) is 3.70. The molecule has 1 atom stereocenters. The first-order valence-corrected chi connectivity index (χ1v) is 6.55. The zero-order valence-corrected chi connectivity index (χ0v) is 11.3. The lowest BCUT2D eigenvalue weighted by atomic mass is 10.3. The lowest BCUT2D eigenvalue weighted by molar-refractivity contribution is -0.120. The summed E-state index contributed by atoms with van der Waals surface area (Å²) < 4.78 is 5.42. The molecule has 0 aliphatic rings. The van der Waals surface area contributed by atoms with Crippen molar-refractivity contribution in [2.24, 2.45) is 0 Å². The van der Waals surface area contributed by atoms with Crippen molar-refractivity contribution in [3.63, 3.8) is 0 Å². The Morgan fingerprint density at radius 1 is 1.32 bits per heavy atom. The number of ether oxygens (including phenoxy) is 1. The minimum atomic E-state index is -0.568. The fourth-order valence-corrected chi connectivity index (χ4v) is 1.45. The molecule has 0 radical (unpaired) electrons. The van der Waals surface area contributed by atoms with E-state index in [1.54, 1.807) is 0 Å². The third-order valence-electron chi connectivity index (χ3n) is 2.51. The highest BCUT2D eigenvalue weighted by Gasteiger charge is 2.04. The second kappa shape index (κ2) is 9.35. The number of benzene rings is 1. The second-order valence-corrected chi connectivity index (χ2v) is 4.19. The van der Waals surface area contributed by atoms with Crippen LogP contribution in [0.15, 0.2) is 30.3 Å². The largest absolute Gasteiger partial charge is 0.491 e. The van der Waals surface area contributed by atoms with E-state index >= 15 is 0 Å². The summed E-state index contributed by atoms with van der Waals surface area (Å²) in [5, 5.41) is 15.5. The summed E-state index contributed by atoms with van der Waals surface area (Å²) in [5.74, 6) is 0.784. The summed E-state index contributed by atoms with van der Waals surface area (Å²) in [5.41, 5.74) is 0. The molecule has 0 fully saturated rings. The van der Waals surface area contributed by atoms with E-state index in [0.717, 1.165) is 5.75 Å². The molecular weight excluding hydrogens is 244 g/mol. The molecule has 0 saturated heterocycles. The van der Waals surface area contributed by atoms with E-state index in [4.69, 9.17) is 4.74 Å². The van der Waals surface area contributed by atoms with Crippen LogP contribution in [0, 0.1) is 0 Å². The first-order valence-electron chi connectivity index (χ1n) is 6.55. The minimum absolute atomic E-state index is 0.0368. The summed E-state index contributed by atoms with van der Waals surface area (Å²) in [4.78, 5) is 11.0. The highest BCUT2D eigenvalue weighted by atomic mass is 16.5. The van der Waals surface area contributed by atoms with Gasteiger partial charge in [-0.15, -0.1) is 0 Å². The van der Waals surface area contributed by atoms with Crippen molar-refractivity contribution in [1.82, 2.24) is 10.6 Å². The average Bonchev–Trinajstić information content (AvgIpc) is 2.45. The maximum Gasteiger partial charge on any atom is 0.219 e. The van der Waals surface area contributed by atoms with E-state index in [0.29, 0.717) is 26.1 Å². The summed E-state index contributed by atoms with van der Waals surface area (Å²) in [6.07, 6.45) is -0.0739. The van der Waals surface area contributed by atoms with Gasteiger partial charge in [0.1, 0.15) is 18.5 Å². The Kier molecular flexibility index (Phi) is 7.62. The van der Waals surface area contributed by atoms with E-state index in [-0.39, 0.29) is 12.5 Å². The molecule has 0 unspecified atom stereocenters. The first-order chi connectivity index (χ1) is 9.22. The van der Waals surface area contributed by atoms with Crippen LogP contribution in [0.4, 0.5) is 0 Å². The van der Waals surface area contributed by atoms with Crippen LogP contribution in [-0.4, -0.2) is 43.4 Å². The third-order valence-corrected chi connectivity index (χ3v) is 2.51. The Morgan fingerprint density at radius 3 is 2.74 bits per heavy atom. The van der Waals surface area contributed by atoms with Gasteiger partial charge in [-0.2, -0.15) is 0 Å². The molecule has 1 aromatic rings. The predicted molar refractivity (Wildman–Crippen MR) is 74.1 cm³/mol. The molecule has 3 N–H and O–H groups in total. The monoisotopic (exact) mass is 266 g/mol. The number of rotatable bonds is 9. The number of aliphatic hydroxyl groups excluding tert-OH is 1. The van der Waals surface area contributed by atoms with Crippen LogP contribution in [0.2, 0.25) is 0 Å². The van der Waals surface area contributed by atoms with Crippen molar-refractivity contribution in [2.75, 3.05) is 26.2 Å². The Hall–Kier alpha value is -1.59. The summed E-state index contributed by atoms with van der Waals surface area (Å²) in [6, 6.07) is 9.38. The molecule has 0 aliphatic carbocycles. The van der Waals surface area contributed by atoms with E-state index in [2.05, 4.69) is 10.6 Å². The van der Waals surface area contributed by atoms with Crippen LogP contribution in [0.5, 0.6) is 5.75 Å². The van der Waals surface area contributed by atoms with Gasteiger partial charge in [-0.3, -0.25) is 4.79 Å². The van der Waals surface area contributed by atoms with E-state index in [1.807, 2.05) is 37.3 Å². The van der Waals surface area contributed by atoms with Gasteiger partial charge in [0, 0.05) is 26.1 Å². The van der Waals surface area contributed by atoms with Gasteiger partial charge < -0.3 is 20.5 Å². The maximum absolute atomic E-state index is 11.0. The average molecular weight is 266 g/mol. The smallest absolute Gasteiger partial charge is 0.219 e. The second-order valence-electron chi connectivity index (χ2n) is 4.19. The van der Waals surface area contributed by atoms with Crippen LogP contribution in [0.3, 0.4) is 0 Å². The zero-order valence-electron chi connectivity index (χ0n) is 11.3. The van der Waals surface area contributed by atoms with Gasteiger partial charge in [-0.25, -0.2) is 0 Å². The predicted octanol–water partition coefficient (Wildman–Crippen LogP) is 0.542. The highest BCUT2D eigenvalue weighted by molar-refractivity contribution is 5.75. The van der Waals surface area contributed by atoms with Gasteiger partial charge in [-0.1, -0.05) is 25.1 Å². The molecule has 0 heterocycles. The van der Waals surface area contributed by atoms with Crippen LogP contribution in [-0.2, 0) is 4.79 Å². The summed E-state index contributed by atoms with van der Waals surface area (Å²) in [7, 11) is 0. The van der Waals surface area contributed by atoms with E-state index in [1.165, 1.54) is 0 Å². The normalized spacial score (nSPS) is 11.9. The van der Waals surface area contributed by atoms with Crippen LogP contribution < -0.4 is 15.4 Å². The number of carbonyl (C=O) groups is 1. The number of aliphatic hydroxyl groups is 1. The highest BCUT2D eigenvalue weighted by Crippen LogP contribution is 2.08. The maximum atomic E-state index is 11.0. The molecule has 5 nitrogen and oxygen atoms in total. The minimum Gasteiger partial charge on any atom is -0.491 e. The van der Waals surface area contributed by atoms with E-state index in [9.17, 15) is 9.90 Å². The van der Waals surface area contributed by atoms with Crippen molar-refractivity contribution in [3.8, 4) is 5.75 Å². The molecule has 0 spiro atoms. The Balaban J connectivity index is 2.02. The lowest BCUT2D eigenvalue weighted by Gasteiger charge is -2.13. The first kappa shape index (κ1) is 15.5. The lowest BCUT2D eigenvalue weighted by Crippen LogP contribution is -2.36. The van der Waals surface area contributed by atoms with E-state index < -0.39 is 6.10 Å². The number of para-hydroxylation sites is 1.